The summed E-state index contributed by atoms with van der Waals surface area (Å²) in [5.41, 5.74) is 1.54. The lowest BCUT2D eigenvalue weighted by molar-refractivity contribution is 0.0734. The Hall–Kier alpha value is -2.33. The monoisotopic (exact) mass is 328 g/mol. The van der Waals surface area contributed by atoms with Crippen molar-refractivity contribution in [3.8, 4) is 11.5 Å². The molecule has 0 unspecified atom stereocenters. The lowest BCUT2D eigenvalue weighted by Crippen LogP contribution is -2.08. The van der Waals surface area contributed by atoms with Crippen LogP contribution in [0.5, 0.6) is 11.5 Å². The molecule has 0 spiro atoms. The number of rotatable bonds is 9. The van der Waals surface area contributed by atoms with Gasteiger partial charge in [-0.1, -0.05) is 18.6 Å². The Bertz CT molecular complexity index is 634. The summed E-state index contributed by atoms with van der Waals surface area (Å²) in [6.07, 6.45) is 3.86. The zero-order valence-corrected chi connectivity index (χ0v) is 14.0. The van der Waals surface area contributed by atoms with Gasteiger partial charge in [-0.3, -0.25) is 0 Å². The number of aryl methyl sites for hydroxylation is 1. The van der Waals surface area contributed by atoms with Gasteiger partial charge in [-0.25, -0.2) is 4.79 Å². The molecule has 2 aromatic carbocycles. The number of aliphatic hydroxyl groups is 1. The molecule has 0 bridgehead atoms. The van der Waals surface area contributed by atoms with Crippen LogP contribution in [-0.2, 0) is 0 Å². The summed E-state index contributed by atoms with van der Waals surface area (Å²) in [6.45, 7) is 2.84. The molecule has 0 radical (unpaired) electrons. The molecule has 24 heavy (non-hydrogen) atoms. The third kappa shape index (κ3) is 6.05. The van der Waals surface area contributed by atoms with E-state index in [2.05, 4.69) is 0 Å². The van der Waals surface area contributed by atoms with E-state index >= 15 is 0 Å². The molecule has 0 heterocycles. The highest BCUT2D eigenvalue weighted by atomic mass is 16.5. The summed E-state index contributed by atoms with van der Waals surface area (Å²) in [5.74, 6) is 0.906. The van der Waals surface area contributed by atoms with Gasteiger partial charge >= 0.3 is 5.97 Å². The maximum atomic E-state index is 12.1. The molecule has 0 atom stereocenters. The highest BCUT2D eigenvalue weighted by Crippen LogP contribution is 2.17. The maximum absolute atomic E-state index is 12.1. The fourth-order valence-corrected chi connectivity index (χ4v) is 2.29. The molecule has 0 aliphatic carbocycles. The molecule has 1 N–H and O–H groups in total. The molecule has 4 heteroatoms. The zero-order chi connectivity index (χ0) is 17.2. The normalized spacial score (nSPS) is 10.4. The molecular weight excluding hydrogens is 304 g/mol. The lowest BCUT2D eigenvalue weighted by atomic mass is 10.2. The topological polar surface area (TPSA) is 55.8 Å². The Morgan fingerprint density at radius 1 is 0.958 bits per heavy atom. The predicted molar refractivity (Wildman–Crippen MR) is 93.6 cm³/mol. The van der Waals surface area contributed by atoms with E-state index in [1.165, 1.54) is 0 Å². The second kappa shape index (κ2) is 9.73. The fourth-order valence-electron chi connectivity index (χ4n) is 2.29. The number of hydrogen-bond acceptors (Lipinski definition) is 4. The van der Waals surface area contributed by atoms with Crippen LogP contribution in [0.3, 0.4) is 0 Å². The van der Waals surface area contributed by atoms with Crippen LogP contribution >= 0.6 is 0 Å². The molecule has 0 aliphatic rings. The van der Waals surface area contributed by atoms with Gasteiger partial charge < -0.3 is 14.6 Å². The van der Waals surface area contributed by atoms with Gasteiger partial charge in [0.2, 0.25) is 0 Å². The van der Waals surface area contributed by atoms with E-state index in [9.17, 15) is 4.79 Å². The molecule has 0 fully saturated rings. The number of esters is 1. The van der Waals surface area contributed by atoms with Gasteiger partial charge in [-0.2, -0.15) is 0 Å². The van der Waals surface area contributed by atoms with Crippen LogP contribution in [0.4, 0.5) is 0 Å². The van der Waals surface area contributed by atoms with E-state index in [4.69, 9.17) is 14.6 Å². The van der Waals surface area contributed by atoms with Crippen molar-refractivity contribution in [3.63, 3.8) is 0 Å². The smallest absolute Gasteiger partial charge is 0.343 e. The van der Waals surface area contributed by atoms with Crippen molar-refractivity contribution in [2.75, 3.05) is 13.2 Å². The largest absolute Gasteiger partial charge is 0.494 e. The van der Waals surface area contributed by atoms with E-state index in [1.54, 1.807) is 30.3 Å². The summed E-state index contributed by atoms with van der Waals surface area (Å²) in [7, 11) is 0. The van der Waals surface area contributed by atoms with Crippen LogP contribution in [0.15, 0.2) is 48.5 Å². The molecule has 0 amide bonds. The summed E-state index contributed by atoms with van der Waals surface area (Å²) in [5, 5.41) is 8.71. The van der Waals surface area contributed by atoms with Crippen molar-refractivity contribution >= 4 is 5.97 Å². The van der Waals surface area contributed by atoms with Gasteiger partial charge in [0.05, 0.1) is 12.2 Å². The molecule has 0 aliphatic heterocycles. The molecular formula is C20H24O4. The van der Waals surface area contributed by atoms with Crippen LogP contribution in [0.25, 0.3) is 0 Å². The number of benzene rings is 2. The van der Waals surface area contributed by atoms with Crippen LogP contribution in [0.1, 0.15) is 41.6 Å². The first-order valence-electron chi connectivity index (χ1n) is 8.31. The minimum Gasteiger partial charge on any atom is -0.494 e. The first-order chi connectivity index (χ1) is 11.7. The Morgan fingerprint density at radius 3 is 2.42 bits per heavy atom. The molecule has 2 aromatic rings. The van der Waals surface area contributed by atoms with E-state index in [-0.39, 0.29) is 12.6 Å². The number of carbonyl (C=O) groups excluding carboxylic acids is 1. The number of unbranched alkanes of at least 4 members (excludes halogenated alkanes) is 3. The highest BCUT2D eigenvalue weighted by Gasteiger charge is 2.08. The van der Waals surface area contributed by atoms with Gasteiger partial charge in [0.15, 0.2) is 0 Å². The minimum absolute atomic E-state index is 0.251. The highest BCUT2D eigenvalue weighted by molar-refractivity contribution is 5.91. The summed E-state index contributed by atoms with van der Waals surface area (Å²) < 4.78 is 11.0. The Balaban J connectivity index is 1.79. The predicted octanol–water partition coefficient (Wildman–Crippen LogP) is 4.15. The average Bonchev–Trinajstić information content (AvgIpc) is 2.58. The SMILES string of the molecule is Cc1cccc(OC(=O)c2ccc(OCCCCCCO)cc2)c1. The van der Waals surface area contributed by atoms with Crippen LogP contribution in [0.2, 0.25) is 0 Å². The average molecular weight is 328 g/mol. The lowest BCUT2D eigenvalue weighted by Gasteiger charge is -2.08. The van der Waals surface area contributed by atoms with Crippen molar-refractivity contribution in [3.05, 3.63) is 59.7 Å². The molecule has 0 aromatic heterocycles. The minimum atomic E-state index is -0.379. The van der Waals surface area contributed by atoms with Crippen LogP contribution in [0, 0.1) is 6.92 Å². The van der Waals surface area contributed by atoms with E-state index < -0.39 is 0 Å². The van der Waals surface area contributed by atoms with Gasteiger partial charge in [0.25, 0.3) is 0 Å². The fraction of sp³-hybridized carbons (Fsp3) is 0.350. The summed E-state index contributed by atoms with van der Waals surface area (Å²) in [4.78, 5) is 12.1. The second-order valence-electron chi connectivity index (χ2n) is 5.72. The Kier molecular flexibility index (Phi) is 7.30. The zero-order valence-electron chi connectivity index (χ0n) is 14.0. The summed E-state index contributed by atoms with van der Waals surface area (Å²) in [6, 6.07) is 14.4. The van der Waals surface area contributed by atoms with Gasteiger partial charge in [0.1, 0.15) is 11.5 Å². The first kappa shape index (κ1) is 18.0. The van der Waals surface area contributed by atoms with E-state index in [0.29, 0.717) is 17.9 Å². The van der Waals surface area contributed by atoms with Crippen molar-refractivity contribution in [2.45, 2.75) is 32.6 Å². The van der Waals surface area contributed by atoms with Gasteiger partial charge in [0, 0.05) is 6.61 Å². The number of carbonyl (C=O) groups is 1. The Labute approximate surface area is 143 Å². The standard InChI is InChI=1S/C20H24O4/c1-16-7-6-8-19(15-16)24-20(22)17-9-11-18(12-10-17)23-14-5-3-2-4-13-21/h6-12,15,21H,2-5,13-14H2,1H3. The maximum Gasteiger partial charge on any atom is 0.343 e. The van der Waals surface area contributed by atoms with Crippen molar-refractivity contribution in [1.29, 1.82) is 0 Å². The van der Waals surface area contributed by atoms with Gasteiger partial charge in [-0.05, 0) is 68.1 Å². The third-order valence-corrected chi connectivity index (χ3v) is 3.61. The van der Waals surface area contributed by atoms with E-state index in [1.807, 2.05) is 25.1 Å². The quantitative estimate of drug-likeness (QED) is 0.427. The van der Waals surface area contributed by atoms with Crippen LogP contribution < -0.4 is 9.47 Å². The van der Waals surface area contributed by atoms with Crippen LogP contribution in [-0.4, -0.2) is 24.3 Å². The molecule has 0 saturated carbocycles. The number of hydrogen-bond donors (Lipinski definition) is 1. The third-order valence-electron chi connectivity index (χ3n) is 3.61. The van der Waals surface area contributed by atoms with Gasteiger partial charge in [-0.15, -0.1) is 0 Å². The summed E-state index contributed by atoms with van der Waals surface area (Å²) >= 11 is 0. The molecule has 0 saturated heterocycles. The molecule has 128 valence electrons. The number of aliphatic hydroxyl groups excluding tert-OH is 1. The van der Waals surface area contributed by atoms with E-state index in [0.717, 1.165) is 37.0 Å². The Morgan fingerprint density at radius 2 is 1.71 bits per heavy atom. The number of ether oxygens (including phenoxy) is 2. The second-order valence-corrected chi connectivity index (χ2v) is 5.72. The van der Waals surface area contributed by atoms with Crippen molar-refractivity contribution in [1.82, 2.24) is 0 Å². The first-order valence-corrected chi connectivity index (χ1v) is 8.31. The van der Waals surface area contributed by atoms with Crippen molar-refractivity contribution in [2.24, 2.45) is 0 Å². The van der Waals surface area contributed by atoms with Crippen molar-refractivity contribution < 1.29 is 19.4 Å². The molecule has 4 nitrogen and oxygen atoms in total. The molecule has 2 rings (SSSR count).